The fraction of sp³-hybridized carbons (Fsp3) is 0.188. The van der Waals surface area contributed by atoms with Crippen LogP contribution in [0.3, 0.4) is 0 Å². The first-order valence-electron chi connectivity index (χ1n) is 6.50. The van der Waals surface area contributed by atoms with Crippen LogP contribution in [0.15, 0.2) is 55.0 Å². The van der Waals surface area contributed by atoms with Crippen molar-refractivity contribution < 1.29 is 4.57 Å². The number of pyridine rings is 1. The number of hydrogen-bond acceptors (Lipinski definition) is 2. The number of rotatable bonds is 1. The maximum absolute atomic E-state index is 3.32. The van der Waals surface area contributed by atoms with Crippen LogP contribution < -0.4 is 14.8 Å². The van der Waals surface area contributed by atoms with E-state index in [0.29, 0.717) is 0 Å². The minimum absolute atomic E-state index is 0.862. The molecule has 19 heavy (non-hydrogen) atoms. The summed E-state index contributed by atoms with van der Waals surface area (Å²) in [6.07, 6.45) is 6.17. The Kier molecular flexibility index (Phi) is 2.95. The molecule has 1 aromatic heterocycles. The topological polar surface area (TPSA) is 19.1 Å². The van der Waals surface area contributed by atoms with E-state index in [0.717, 1.165) is 12.4 Å². The van der Waals surface area contributed by atoms with Crippen molar-refractivity contribution in [1.29, 1.82) is 0 Å². The third-order valence-corrected chi connectivity index (χ3v) is 3.47. The van der Waals surface area contributed by atoms with Gasteiger partial charge in [0, 0.05) is 24.4 Å². The SMILES string of the molecule is Cc1cccc2c1N(c1cccc[n+]1C)C=CNC2. The number of benzene rings is 1. The van der Waals surface area contributed by atoms with Gasteiger partial charge in [-0.05, 0) is 18.6 Å². The molecular weight excluding hydrogens is 234 g/mol. The lowest BCUT2D eigenvalue weighted by Crippen LogP contribution is -2.34. The van der Waals surface area contributed by atoms with Crippen molar-refractivity contribution in [1.82, 2.24) is 5.32 Å². The van der Waals surface area contributed by atoms with Crippen molar-refractivity contribution in [3.8, 4) is 0 Å². The summed E-state index contributed by atoms with van der Waals surface area (Å²) in [7, 11) is 2.07. The van der Waals surface area contributed by atoms with E-state index < -0.39 is 0 Å². The normalized spacial score (nSPS) is 13.7. The summed E-state index contributed by atoms with van der Waals surface area (Å²) >= 11 is 0. The monoisotopic (exact) mass is 252 g/mol. The van der Waals surface area contributed by atoms with E-state index >= 15 is 0 Å². The van der Waals surface area contributed by atoms with Crippen LogP contribution in [0.4, 0.5) is 11.5 Å². The van der Waals surface area contributed by atoms with Gasteiger partial charge in [0.1, 0.15) is 11.9 Å². The molecule has 0 aliphatic carbocycles. The highest BCUT2D eigenvalue weighted by Gasteiger charge is 2.24. The predicted molar refractivity (Wildman–Crippen MR) is 76.9 cm³/mol. The fourth-order valence-electron chi connectivity index (χ4n) is 2.53. The summed E-state index contributed by atoms with van der Waals surface area (Å²) in [6, 6.07) is 12.7. The largest absolute Gasteiger partial charge is 0.384 e. The molecule has 3 heteroatoms. The summed E-state index contributed by atoms with van der Waals surface area (Å²) in [5, 5.41) is 3.32. The number of aromatic nitrogens is 1. The average Bonchev–Trinajstić information content (AvgIpc) is 2.63. The Hall–Kier alpha value is -2.29. The van der Waals surface area contributed by atoms with Gasteiger partial charge in [-0.2, -0.15) is 4.90 Å². The van der Waals surface area contributed by atoms with Gasteiger partial charge < -0.3 is 5.32 Å². The summed E-state index contributed by atoms with van der Waals surface area (Å²) in [4.78, 5) is 2.24. The van der Waals surface area contributed by atoms with Crippen LogP contribution >= 0.6 is 0 Å². The van der Waals surface area contributed by atoms with Crippen molar-refractivity contribution in [3.63, 3.8) is 0 Å². The van der Waals surface area contributed by atoms with Gasteiger partial charge in [-0.15, -0.1) is 0 Å². The molecule has 1 aliphatic heterocycles. The molecule has 96 valence electrons. The summed E-state index contributed by atoms with van der Waals surface area (Å²) < 4.78 is 2.13. The van der Waals surface area contributed by atoms with E-state index in [1.54, 1.807) is 0 Å². The average molecular weight is 252 g/mol. The van der Waals surface area contributed by atoms with Crippen LogP contribution in [0.25, 0.3) is 0 Å². The summed E-state index contributed by atoms with van der Waals surface area (Å²) in [5.74, 6) is 1.15. The lowest BCUT2D eigenvalue weighted by atomic mass is 10.1. The first-order valence-corrected chi connectivity index (χ1v) is 6.50. The van der Waals surface area contributed by atoms with Gasteiger partial charge in [0.2, 0.25) is 0 Å². The molecule has 0 unspecified atom stereocenters. The second-order valence-corrected chi connectivity index (χ2v) is 4.82. The molecule has 1 N–H and O–H groups in total. The van der Waals surface area contributed by atoms with E-state index in [4.69, 9.17) is 0 Å². The minimum Gasteiger partial charge on any atom is -0.384 e. The molecule has 0 radical (unpaired) electrons. The quantitative estimate of drug-likeness (QED) is 0.787. The number of para-hydroxylation sites is 1. The molecule has 0 bridgehead atoms. The van der Waals surface area contributed by atoms with E-state index in [9.17, 15) is 0 Å². The lowest BCUT2D eigenvalue weighted by Gasteiger charge is -2.17. The molecule has 2 heterocycles. The smallest absolute Gasteiger partial charge is 0.286 e. The molecule has 0 atom stereocenters. The number of nitrogens with zero attached hydrogens (tertiary/aromatic N) is 2. The molecular formula is C16H18N3+. The van der Waals surface area contributed by atoms with Crippen LogP contribution in [0.1, 0.15) is 11.1 Å². The minimum atomic E-state index is 0.862. The number of nitrogens with one attached hydrogen (secondary N) is 1. The second-order valence-electron chi connectivity index (χ2n) is 4.82. The molecule has 0 fully saturated rings. The third kappa shape index (κ3) is 2.08. The molecule has 0 saturated carbocycles. The van der Waals surface area contributed by atoms with Crippen LogP contribution in [-0.4, -0.2) is 0 Å². The number of anilines is 2. The highest BCUT2D eigenvalue weighted by Crippen LogP contribution is 2.31. The fourth-order valence-corrected chi connectivity index (χ4v) is 2.53. The van der Waals surface area contributed by atoms with Gasteiger partial charge in [0.25, 0.3) is 5.82 Å². The zero-order chi connectivity index (χ0) is 13.2. The van der Waals surface area contributed by atoms with Gasteiger partial charge >= 0.3 is 0 Å². The predicted octanol–water partition coefficient (Wildman–Crippen LogP) is 2.53. The van der Waals surface area contributed by atoms with Crippen molar-refractivity contribution in [3.05, 3.63) is 66.1 Å². The standard InChI is InChI=1S/C16H18N3/c1-13-6-5-7-14-12-17-9-11-19(16(13)14)15-8-3-4-10-18(15)2/h3-11,17H,12H2,1-2H3/q+1. The molecule has 1 aliphatic rings. The van der Waals surface area contributed by atoms with Crippen molar-refractivity contribution >= 4 is 11.5 Å². The Morgan fingerprint density at radius 2 is 2.05 bits per heavy atom. The van der Waals surface area contributed by atoms with Crippen molar-refractivity contribution in [2.45, 2.75) is 13.5 Å². The Balaban J connectivity index is 2.20. The molecule has 0 amide bonds. The molecule has 2 aromatic rings. The van der Waals surface area contributed by atoms with E-state index in [2.05, 4.69) is 71.5 Å². The maximum Gasteiger partial charge on any atom is 0.286 e. The molecule has 0 saturated heterocycles. The van der Waals surface area contributed by atoms with Crippen LogP contribution in [0, 0.1) is 6.92 Å². The van der Waals surface area contributed by atoms with Gasteiger partial charge in [-0.3, -0.25) is 0 Å². The van der Waals surface area contributed by atoms with Gasteiger partial charge in [0.05, 0.1) is 13.2 Å². The lowest BCUT2D eigenvalue weighted by molar-refractivity contribution is -0.658. The maximum atomic E-state index is 3.32. The van der Waals surface area contributed by atoms with E-state index in [1.807, 2.05) is 12.3 Å². The number of fused-ring (bicyclic) bond motifs is 1. The van der Waals surface area contributed by atoms with Crippen LogP contribution in [-0.2, 0) is 13.6 Å². The first kappa shape index (κ1) is 11.8. The van der Waals surface area contributed by atoms with Gasteiger partial charge in [-0.1, -0.05) is 24.3 Å². The van der Waals surface area contributed by atoms with Crippen molar-refractivity contribution in [2.75, 3.05) is 4.90 Å². The second kappa shape index (κ2) is 4.76. The molecule has 0 spiro atoms. The van der Waals surface area contributed by atoms with E-state index in [1.165, 1.54) is 16.8 Å². The summed E-state index contributed by atoms with van der Waals surface area (Å²) in [6.45, 7) is 3.02. The van der Waals surface area contributed by atoms with Crippen LogP contribution in [0.5, 0.6) is 0 Å². The first-order chi connectivity index (χ1) is 9.27. The number of hydrogen-bond donors (Lipinski definition) is 1. The Morgan fingerprint density at radius 3 is 2.89 bits per heavy atom. The molecule has 1 aromatic carbocycles. The Morgan fingerprint density at radius 1 is 1.16 bits per heavy atom. The third-order valence-electron chi connectivity index (χ3n) is 3.47. The highest BCUT2D eigenvalue weighted by atomic mass is 15.2. The van der Waals surface area contributed by atoms with E-state index in [-0.39, 0.29) is 0 Å². The molecule has 3 rings (SSSR count). The van der Waals surface area contributed by atoms with Crippen LogP contribution in [0.2, 0.25) is 0 Å². The molecule has 3 nitrogen and oxygen atoms in total. The van der Waals surface area contributed by atoms with Crippen molar-refractivity contribution in [2.24, 2.45) is 7.05 Å². The number of aryl methyl sites for hydroxylation is 2. The highest BCUT2D eigenvalue weighted by molar-refractivity contribution is 5.69. The zero-order valence-corrected chi connectivity index (χ0v) is 11.3. The van der Waals surface area contributed by atoms with Gasteiger partial charge in [0.15, 0.2) is 0 Å². The summed E-state index contributed by atoms with van der Waals surface area (Å²) in [5.41, 5.74) is 3.87. The van der Waals surface area contributed by atoms with Gasteiger partial charge in [-0.25, -0.2) is 4.57 Å². The Bertz CT molecular complexity index is 632. The zero-order valence-electron chi connectivity index (χ0n) is 11.3. The Labute approximate surface area is 113 Å².